The standard InChI is InChI=1S/C31H65FIN6S/c1-12-28(32)18-16-17-26(5)31(8,35-9)33-40-25-38(11)24-30(7,13-2)36-27(6)19-20-29(23-34)39(15-4)22-21-37(10)14-3/h12,16-17,26-27,29,35-36H,13-15,18-25,34H2,1-11H3/q-1/b17-16+,28-12+/t26?,27-,29-,30-,31?/m0/s1. The molecule has 0 aliphatic heterocycles. The molecule has 0 aromatic rings. The third-order valence-corrected chi connectivity index (χ3v) is 15.3. The molecule has 0 aromatic carbocycles. The van der Waals surface area contributed by atoms with E-state index in [4.69, 9.17) is 5.73 Å². The minimum absolute atomic E-state index is 0.0615. The molecule has 0 aliphatic carbocycles. The van der Waals surface area contributed by atoms with Gasteiger partial charge in [0.1, 0.15) is 0 Å². The fourth-order valence-corrected chi connectivity index (χ4v) is 11.4. The van der Waals surface area contributed by atoms with Gasteiger partial charge in [0.25, 0.3) is 0 Å². The molecular weight excluding hydrogens is 634 g/mol. The molecule has 0 spiro atoms. The summed E-state index contributed by atoms with van der Waals surface area (Å²) in [6.07, 6.45) is 9.40. The van der Waals surface area contributed by atoms with E-state index in [-0.39, 0.29) is 34.7 Å². The maximum absolute atomic E-state index is 13.5. The first-order valence-electron chi connectivity index (χ1n) is 15.4. The number of hydrogen-bond donors (Lipinski definition) is 3. The van der Waals surface area contributed by atoms with Crippen LogP contribution < -0.4 is 36.2 Å². The van der Waals surface area contributed by atoms with Crippen molar-refractivity contribution in [2.45, 2.75) is 102 Å². The molecule has 6 nitrogen and oxygen atoms in total. The summed E-state index contributed by atoms with van der Waals surface area (Å²) in [7, 11) is 8.56. The van der Waals surface area contributed by atoms with E-state index in [0.29, 0.717) is 24.4 Å². The number of nitrogens with one attached hydrogen (secondary N) is 2. The smallest absolute Gasteiger partial charge is 0.305 e. The van der Waals surface area contributed by atoms with Crippen LogP contribution in [0.4, 0.5) is 4.39 Å². The van der Waals surface area contributed by atoms with Gasteiger partial charge in [-0.1, -0.05) is 13.8 Å². The molecule has 0 fully saturated rings. The number of rotatable bonds is 24. The van der Waals surface area contributed by atoms with Crippen molar-refractivity contribution >= 4 is 8.93 Å². The van der Waals surface area contributed by atoms with Gasteiger partial charge in [-0.2, -0.15) is 0 Å². The zero-order valence-electron chi connectivity index (χ0n) is 27.8. The van der Waals surface area contributed by atoms with Crippen LogP contribution >= 0.6 is 8.93 Å². The number of likely N-dealkylation sites (N-methyl/N-ethyl adjacent to an activating group) is 3. The van der Waals surface area contributed by atoms with E-state index in [2.05, 4.69) is 110 Å². The van der Waals surface area contributed by atoms with Gasteiger partial charge in [0.05, 0.1) is 0 Å². The molecule has 0 aromatic heterocycles. The summed E-state index contributed by atoms with van der Waals surface area (Å²) >= 11 is -0.169. The second kappa shape index (κ2) is 21.9. The summed E-state index contributed by atoms with van der Waals surface area (Å²) in [4.78, 5) is 7.40. The van der Waals surface area contributed by atoms with Crippen molar-refractivity contribution < 1.29 is 24.2 Å². The summed E-state index contributed by atoms with van der Waals surface area (Å²) in [5.41, 5.74) is 6.30. The van der Waals surface area contributed by atoms with E-state index in [1.54, 1.807) is 6.92 Å². The Morgan fingerprint density at radius 1 is 1.07 bits per heavy atom. The Bertz CT molecular complexity index is 713. The number of nitrogens with two attached hydrogens (primary N) is 1. The minimum Gasteiger partial charge on any atom is -0.305 e. The van der Waals surface area contributed by atoms with E-state index in [1.807, 2.05) is 6.08 Å². The molecule has 240 valence electrons. The Morgan fingerprint density at radius 2 is 1.75 bits per heavy atom. The molecule has 9 heteroatoms. The Hall–Kier alpha value is 0.250. The number of alkyl halides is 1. The van der Waals surface area contributed by atoms with Gasteiger partial charge in [0.2, 0.25) is 0 Å². The Balaban J connectivity index is 4.83. The molecule has 2 unspecified atom stereocenters. The molecule has 5 atom stereocenters. The van der Waals surface area contributed by atoms with Crippen molar-refractivity contribution in [3.05, 3.63) is 24.1 Å². The van der Waals surface area contributed by atoms with E-state index < -0.39 is 0 Å². The van der Waals surface area contributed by atoms with Crippen LogP contribution in [0.3, 0.4) is 0 Å². The molecule has 0 amide bonds. The van der Waals surface area contributed by atoms with E-state index in [9.17, 15) is 4.39 Å². The number of nitrogens with zero attached hydrogens (tertiary/aromatic N) is 3. The fourth-order valence-electron chi connectivity index (χ4n) is 4.76. The molecular formula is C31H65FIN6S-. The molecule has 0 radical (unpaired) electrons. The van der Waals surface area contributed by atoms with Crippen LogP contribution in [-0.2, 0) is 0 Å². The van der Waals surface area contributed by atoms with Crippen LogP contribution in [-0.4, -0.2) is 102 Å². The van der Waals surface area contributed by atoms with Crippen molar-refractivity contribution in [2.24, 2.45) is 11.7 Å². The SMILES string of the molecule is C/C=C(/F)C/C=C/C(C)C(C)(NC)[I-]SCN(C)C[C@](C)(CC)N[C@@H](C)CC[C@@H](CN)N(CC)CCN(C)CC. The van der Waals surface area contributed by atoms with Gasteiger partial charge in [-0.15, -0.1) is 0 Å². The first-order valence-corrected chi connectivity index (χ1v) is 20.0. The van der Waals surface area contributed by atoms with Crippen LogP contribution in [0.2, 0.25) is 0 Å². The molecule has 4 N–H and O–H groups in total. The number of halogens is 2. The second-order valence-corrected chi connectivity index (χ2v) is 17.8. The van der Waals surface area contributed by atoms with Crippen LogP contribution in [0.5, 0.6) is 0 Å². The second-order valence-electron chi connectivity index (χ2n) is 11.8. The van der Waals surface area contributed by atoms with Crippen LogP contribution in [0.25, 0.3) is 0 Å². The summed E-state index contributed by atoms with van der Waals surface area (Å²) < 4.78 is 13.5. The van der Waals surface area contributed by atoms with E-state index in [1.165, 1.54) is 6.08 Å². The molecule has 0 bridgehead atoms. The predicted octanol–water partition coefficient (Wildman–Crippen LogP) is 2.53. The number of allylic oxidation sites excluding steroid dienone is 3. The molecule has 0 saturated heterocycles. The van der Waals surface area contributed by atoms with E-state index >= 15 is 0 Å². The third kappa shape index (κ3) is 16.2. The summed E-state index contributed by atoms with van der Waals surface area (Å²) in [6.45, 7) is 23.8. The normalized spacial score (nSPS) is 18.6. The fraction of sp³-hybridized carbons (Fsp3) is 0.871. The van der Waals surface area contributed by atoms with Gasteiger partial charge in [-0.25, -0.2) is 0 Å². The number of hydrogen-bond acceptors (Lipinski definition) is 7. The van der Waals surface area contributed by atoms with Crippen molar-refractivity contribution in [1.82, 2.24) is 25.3 Å². The Kier molecular flexibility index (Phi) is 22.0. The summed E-state index contributed by atoms with van der Waals surface area (Å²) in [5, 5.41) is 7.55. The monoisotopic (exact) mass is 699 g/mol. The minimum atomic E-state index is -0.169. The topological polar surface area (TPSA) is 59.8 Å². The van der Waals surface area contributed by atoms with Gasteiger partial charge >= 0.3 is 224 Å². The Labute approximate surface area is 261 Å². The molecule has 0 heterocycles. The van der Waals surface area contributed by atoms with Crippen molar-refractivity contribution in [3.63, 3.8) is 0 Å². The van der Waals surface area contributed by atoms with Crippen molar-refractivity contribution in [3.8, 4) is 0 Å². The van der Waals surface area contributed by atoms with Crippen LogP contribution in [0, 0.1) is 5.92 Å². The van der Waals surface area contributed by atoms with Crippen molar-refractivity contribution in [2.75, 3.05) is 66.3 Å². The first kappa shape index (κ1) is 40.2. The van der Waals surface area contributed by atoms with Crippen molar-refractivity contribution in [1.29, 1.82) is 0 Å². The molecule has 40 heavy (non-hydrogen) atoms. The molecule has 0 aliphatic rings. The quantitative estimate of drug-likeness (QED) is 0.0471. The molecule has 0 saturated carbocycles. The van der Waals surface area contributed by atoms with Gasteiger partial charge in [0.15, 0.2) is 0 Å². The van der Waals surface area contributed by atoms with Gasteiger partial charge in [-0.3, -0.25) is 0 Å². The average Bonchev–Trinajstić information content (AvgIpc) is 2.93. The third-order valence-electron chi connectivity index (χ3n) is 8.31. The average molecular weight is 700 g/mol. The van der Waals surface area contributed by atoms with E-state index in [0.717, 1.165) is 64.4 Å². The Morgan fingerprint density at radius 3 is 2.27 bits per heavy atom. The molecule has 0 rings (SSSR count). The zero-order chi connectivity index (χ0) is 30.8. The summed E-state index contributed by atoms with van der Waals surface area (Å²) in [5.74, 6) is 1.30. The maximum atomic E-state index is 13.5. The predicted molar refractivity (Wildman–Crippen MR) is 174 cm³/mol. The van der Waals surface area contributed by atoms with Crippen LogP contribution in [0.15, 0.2) is 24.1 Å². The van der Waals surface area contributed by atoms with Gasteiger partial charge in [0, 0.05) is 6.54 Å². The van der Waals surface area contributed by atoms with Gasteiger partial charge < -0.3 is 4.90 Å². The van der Waals surface area contributed by atoms with Crippen LogP contribution in [0.1, 0.15) is 81.1 Å². The first-order chi connectivity index (χ1) is 18.8. The van der Waals surface area contributed by atoms with Gasteiger partial charge in [-0.05, 0) is 13.6 Å². The zero-order valence-corrected chi connectivity index (χ0v) is 30.8. The summed E-state index contributed by atoms with van der Waals surface area (Å²) in [6, 6.07) is 0.883.